The third kappa shape index (κ3) is 5.63. The first-order valence-corrected chi connectivity index (χ1v) is 12.3. The van der Waals surface area contributed by atoms with Crippen LogP contribution in [0.3, 0.4) is 0 Å². The molecule has 1 aliphatic rings. The van der Waals surface area contributed by atoms with Crippen LogP contribution in [0, 0.1) is 0 Å². The first-order chi connectivity index (χ1) is 18.4. The Bertz CT molecular complexity index is 1370. The summed E-state index contributed by atoms with van der Waals surface area (Å²) in [6, 6.07) is 10.7. The molecule has 0 aliphatic carbocycles. The minimum atomic E-state index is -2.82. The first kappa shape index (κ1) is 25.7. The van der Waals surface area contributed by atoms with E-state index in [-0.39, 0.29) is 11.9 Å². The monoisotopic (exact) mass is 524 g/mol. The van der Waals surface area contributed by atoms with Gasteiger partial charge in [0.05, 0.1) is 36.1 Å². The van der Waals surface area contributed by atoms with Crippen molar-refractivity contribution in [3.05, 3.63) is 48.4 Å². The lowest BCUT2D eigenvalue weighted by molar-refractivity contribution is 0.122. The fraction of sp³-hybridized carbons (Fsp3) is 0.400. The van der Waals surface area contributed by atoms with E-state index in [1.54, 1.807) is 30.5 Å². The van der Waals surface area contributed by atoms with Crippen molar-refractivity contribution in [2.45, 2.75) is 6.43 Å². The molecule has 1 N–H and O–H groups in total. The average molecular weight is 525 g/mol. The number of imidazole rings is 1. The molecule has 0 amide bonds. The van der Waals surface area contributed by atoms with Gasteiger partial charge in [-0.3, -0.25) is 4.57 Å². The highest BCUT2D eigenvalue weighted by atomic mass is 19.3. The smallest absolute Gasteiger partial charge is 0.296 e. The number of morpholine rings is 1. The summed E-state index contributed by atoms with van der Waals surface area (Å²) >= 11 is 0. The molecule has 13 heteroatoms. The second-order valence-electron chi connectivity index (χ2n) is 9.21. The number of para-hydroxylation sites is 2. The Kier molecular flexibility index (Phi) is 7.56. The summed E-state index contributed by atoms with van der Waals surface area (Å²) in [5.41, 5.74) is 1.58. The highest BCUT2D eigenvalue weighted by molar-refractivity contribution is 5.77. The van der Waals surface area contributed by atoms with E-state index >= 15 is 0 Å². The summed E-state index contributed by atoms with van der Waals surface area (Å²) in [5, 5.41) is 3.17. The number of anilines is 4. The van der Waals surface area contributed by atoms with Crippen LogP contribution in [0.1, 0.15) is 12.2 Å². The number of pyridine rings is 1. The lowest BCUT2D eigenvalue weighted by Gasteiger charge is -2.27. The Morgan fingerprint density at radius 2 is 1.71 bits per heavy atom. The van der Waals surface area contributed by atoms with Crippen molar-refractivity contribution >= 4 is 34.4 Å². The average Bonchev–Trinajstić information content (AvgIpc) is 3.33. The van der Waals surface area contributed by atoms with Gasteiger partial charge >= 0.3 is 0 Å². The Labute approximate surface area is 219 Å². The molecule has 200 valence electrons. The summed E-state index contributed by atoms with van der Waals surface area (Å²) in [6.07, 6.45) is -1.13. The molecule has 1 fully saturated rings. The number of hydrogen-bond donors (Lipinski definition) is 1. The van der Waals surface area contributed by atoms with Crippen LogP contribution in [0.5, 0.6) is 0 Å². The molecule has 1 saturated heterocycles. The highest BCUT2D eigenvalue weighted by Gasteiger charge is 2.24. The summed E-state index contributed by atoms with van der Waals surface area (Å²) in [7, 11) is 6.04. The van der Waals surface area contributed by atoms with Gasteiger partial charge in [-0.05, 0) is 38.4 Å². The van der Waals surface area contributed by atoms with Crippen LogP contribution in [0.15, 0.2) is 42.6 Å². The van der Waals surface area contributed by atoms with Crippen molar-refractivity contribution in [3.63, 3.8) is 0 Å². The zero-order valence-corrected chi connectivity index (χ0v) is 21.6. The maximum atomic E-state index is 14.0. The van der Waals surface area contributed by atoms with E-state index in [2.05, 4.69) is 40.0 Å². The number of ether oxygens (including phenoxy) is 1. The molecule has 5 rings (SSSR count). The molecule has 0 atom stereocenters. The van der Waals surface area contributed by atoms with E-state index in [0.29, 0.717) is 49.0 Å². The number of likely N-dealkylation sites (N-methyl/N-ethyl adjacent to an activating group) is 2. The number of hydrogen-bond acceptors (Lipinski definition) is 10. The van der Waals surface area contributed by atoms with Gasteiger partial charge in [-0.15, -0.1) is 0 Å². The number of benzene rings is 1. The van der Waals surface area contributed by atoms with Gasteiger partial charge in [0.2, 0.25) is 17.8 Å². The highest BCUT2D eigenvalue weighted by Crippen LogP contribution is 2.28. The maximum Gasteiger partial charge on any atom is 0.296 e. The van der Waals surface area contributed by atoms with E-state index in [4.69, 9.17) is 4.74 Å². The minimum Gasteiger partial charge on any atom is -0.378 e. The summed E-state index contributed by atoms with van der Waals surface area (Å²) in [4.78, 5) is 28.5. The number of halogens is 2. The van der Waals surface area contributed by atoms with Crippen LogP contribution in [-0.2, 0) is 4.74 Å². The van der Waals surface area contributed by atoms with Crippen molar-refractivity contribution in [2.75, 3.05) is 75.7 Å². The maximum absolute atomic E-state index is 14.0. The molecular weight excluding hydrogens is 494 g/mol. The number of aromatic nitrogens is 6. The van der Waals surface area contributed by atoms with E-state index < -0.39 is 12.2 Å². The van der Waals surface area contributed by atoms with Crippen LogP contribution in [0.4, 0.5) is 32.2 Å². The zero-order valence-electron chi connectivity index (χ0n) is 21.6. The van der Waals surface area contributed by atoms with E-state index in [0.717, 1.165) is 18.9 Å². The van der Waals surface area contributed by atoms with Gasteiger partial charge in [0.25, 0.3) is 6.43 Å². The van der Waals surface area contributed by atoms with E-state index in [9.17, 15) is 8.78 Å². The molecule has 0 bridgehead atoms. The quantitative estimate of drug-likeness (QED) is 0.352. The molecule has 1 aromatic carbocycles. The Morgan fingerprint density at radius 3 is 2.42 bits per heavy atom. The van der Waals surface area contributed by atoms with Crippen molar-refractivity contribution in [3.8, 4) is 5.95 Å². The SMILES string of the molecule is CN(C)CCN(C)c1ccc(Nc2nc(N3CCOCC3)nc(-n3c(C(F)F)nc4ccccc43)n2)cn1. The molecule has 0 saturated carbocycles. The molecule has 1 aliphatic heterocycles. The van der Waals surface area contributed by atoms with Crippen LogP contribution in [0.25, 0.3) is 17.0 Å². The number of rotatable bonds is 9. The molecule has 0 radical (unpaired) electrons. The van der Waals surface area contributed by atoms with Crippen LogP contribution in [-0.4, -0.2) is 94.9 Å². The van der Waals surface area contributed by atoms with Crippen LogP contribution < -0.4 is 15.1 Å². The van der Waals surface area contributed by atoms with Crippen molar-refractivity contribution in [2.24, 2.45) is 0 Å². The summed E-state index contributed by atoms with van der Waals surface area (Å²) in [5.74, 6) is 1.04. The van der Waals surface area contributed by atoms with Gasteiger partial charge in [-0.25, -0.2) is 18.7 Å². The number of nitrogens with one attached hydrogen (secondary N) is 1. The van der Waals surface area contributed by atoms with Crippen molar-refractivity contribution in [1.82, 2.24) is 34.4 Å². The van der Waals surface area contributed by atoms with E-state index in [1.165, 1.54) is 4.57 Å². The predicted octanol–water partition coefficient (Wildman–Crippen LogP) is 3.12. The molecular formula is C25H30F2N10O. The van der Waals surface area contributed by atoms with E-state index in [1.807, 2.05) is 38.2 Å². The molecule has 11 nitrogen and oxygen atoms in total. The number of fused-ring (bicyclic) bond motifs is 1. The van der Waals surface area contributed by atoms with Gasteiger partial charge in [-0.1, -0.05) is 12.1 Å². The second kappa shape index (κ2) is 11.2. The fourth-order valence-electron chi connectivity index (χ4n) is 4.10. The molecule has 38 heavy (non-hydrogen) atoms. The third-order valence-corrected chi connectivity index (χ3v) is 6.17. The van der Waals surface area contributed by atoms with Gasteiger partial charge in [0.15, 0.2) is 5.82 Å². The van der Waals surface area contributed by atoms with Crippen LogP contribution >= 0.6 is 0 Å². The molecule has 4 aromatic rings. The summed E-state index contributed by atoms with van der Waals surface area (Å²) < 4.78 is 34.8. The zero-order chi connectivity index (χ0) is 26.6. The minimum absolute atomic E-state index is 0.0565. The summed E-state index contributed by atoms with van der Waals surface area (Å²) in [6.45, 7) is 3.92. The van der Waals surface area contributed by atoms with Gasteiger partial charge in [0.1, 0.15) is 5.82 Å². The standard InChI is InChI=1S/C25H30F2N10O/c1-34(2)10-11-35(3)20-9-8-17(16-28-20)29-23-31-24(36-12-14-38-15-13-36)33-25(32-23)37-19-7-5-4-6-18(19)30-22(37)21(26)27/h4-9,16,21H,10-15H2,1-3H3,(H,29,31,32,33). The molecule has 0 spiro atoms. The molecule has 0 unspecified atom stereocenters. The lowest BCUT2D eigenvalue weighted by Crippen LogP contribution is -2.37. The fourth-order valence-corrected chi connectivity index (χ4v) is 4.10. The van der Waals surface area contributed by atoms with Gasteiger partial charge in [-0.2, -0.15) is 15.0 Å². The van der Waals surface area contributed by atoms with Gasteiger partial charge in [0, 0.05) is 33.2 Å². The largest absolute Gasteiger partial charge is 0.378 e. The Hall–Kier alpha value is -3.97. The number of nitrogens with zero attached hydrogens (tertiary/aromatic N) is 9. The Morgan fingerprint density at radius 1 is 0.947 bits per heavy atom. The molecule has 4 heterocycles. The van der Waals surface area contributed by atoms with Crippen molar-refractivity contribution < 1.29 is 13.5 Å². The first-order valence-electron chi connectivity index (χ1n) is 12.3. The van der Waals surface area contributed by atoms with Crippen LogP contribution in [0.2, 0.25) is 0 Å². The normalized spacial score (nSPS) is 14.0. The molecule has 3 aromatic heterocycles. The number of alkyl halides is 2. The van der Waals surface area contributed by atoms with Crippen molar-refractivity contribution in [1.29, 1.82) is 0 Å². The predicted molar refractivity (Wildman–Crippen MR) is 142 cm³/mol. The second-order valence-corrected chi connectivity index (χ2v) is 9.21. The topological polar surface area (TPSA) is 100 Å². The Balaban J connectivity index is 1.50. The third-order valence-electron chi connectivity index (χ3n) is 6.17. The lowest BCUT2D eigenvalue weighted by atomic mass is 10.3. The van der Waals surface area contributed by atoms with Gasteiger partial charge < -0.3 is 24.8 Å².